The van der Waals surface area contributed by atoms with E-state index in [0.717, 1.165) is 25.9 Å². The number of phenols is 1. The quantitative estimate of drug-likeness (QED) is 0.872. The van der Waals surface area contributed by atoms with Crippen LogP contribution in [0.3, 0.4) is 0 Å². The fraction of sp³-hybridized carbons (Fsp3) is 0.667. The molecule has 22 heavy (non-hydrogen) atoms. The molecule has 0 saturated carbocycles. The Hall–Kier alpha value is -0.710. The van der Waals surface area contributed by atoms with Gasteiger partial charge in [-0.1, -0.05) is 12.1 Å². The SMILES string of the molecule is C[C@H](CCc1ccc(O)cc1)N[C@H]1CCO[C@@]2(CCSC2)C1. The molecule has 4 heteroatoms. The fourth-order valence-corrected chi connectivity index (χ4v) is 4.94. The van der Waals surface area contributed by atoms with Crippen molar-refractivity contribution in [1.29, 1.82) is 0 Å². The normalized spacial score (nSPS) is 29.8. The zero-order chi connectivity index (χ0) is 15.4. The minimum Gasteiger partial charge on any atom is -0.508 e. The summed E-state index contributed by atoms with van der Waals surface area (Å²) in [4.78, 5) is 0. The van der Waals surface area contributed by atoms with E-state index in [2.05, 4.69) is 12.2 Å². The lowest BCUT2D eigenvalue weighted by molar-refractivity contribution is -0.0712. The minimum atomic E-state index is 0.164. The zero-order valence-electron chi connectivity index (χ0n) is 13.4. The Morgan fingerprint density at radius 1 is 1.41 bits per heavy atom. The molecule has 2 N–H and O–H groups in total. The van der Waals surface area contributed by atoms with Crippen LogP contribution in [0.5, 0.6) is 5.75 Å². The third-order valence-corrected chi connectivity index (χ3v) is 6.11. The van der Waals surface area contributed by atoms with Gasteiger partial charge in [0.05, 0.1) is 5.60 Å². The standard InChI is InChI=1S/C18H27NO2S/c1-14(2-3-15-4-6-17(20)7-5-15)19-16-8-10-21-18(12-16)9-11-22-13-18/h4-7,14,16,19-20H,2-3,8-13H2,1H3/t14-,16+,18+/m1/s1. The predicted octanol–water partition coefficient (Wildman–Crippen LogP) is 3.36. The van der Waals surface area contributed by atoms with Crippen LogP contribution < -0.4 is 5.32 Å². The van der Waals surface area contributed by atoms with E-state index in [9.17, 15) is 5.11 Å². The Kier molecular flexibility index (Phi) is 5.32. The van der Waals surface area contributed by atoms with Crippen LogP contribution in [-0.2, 0) is 11.2 Å². The summed E-state index contributed by atoms with van der Waals surface area (Å²) < 4.78 is 6.09. The van der Waals surface area contributed by atoms with Crippen molar-refractivity contribution in [3.63, 3.8) is 0 Å². The summed E-state index contributed by atoms with van der Waals surface area (Å²) in [6, 6.07) is 8.69. The molecule has 1 aromatic carbocycles. The van der Waals surface area contributed by atoms with E-state index >= 15 is 0 Å². The first-order chi connectivity index (χ1) is 10.7. The van der Waals surface area contributed by atoms with Gasteiger partial charge in [-0.05, 0) is 62.5 Å². The fourth-order valence-electron chi connectivity index (χ4n) is 3.56. The molecule has 2 saturated heterocycles. The minimum absolute atomic E-state index is 0.164. The molecule has 2 aliphatic rings. The molecule has 0 amide bonds. The summed E-state index contributed by atoms with van der Waals surface area (Å²) in [6.45, 7) is 3.19. The summed E-state index contributed by atoms with van der Waals surface area (Å²) in [5, 5.41) is 13.1. The maximum Gasteiger partial charge on any atom is 0.115 e. The summed E-state index contributed by atoms with van der Waals surface area (Å²) in [5.74, 6) is 2.77. The number of thioether (sulfide) groups is 1. The van der Waals surface area contributed by atoms with Crippen molar-refractivity contribution in [2.45, 2.75) is 56.7 Å². The van der Waals surface area contributed by atoms with Crippen LogP contribution in [0.25, 0.3) is 0 Å². The highest BCUT2D eigenvalue weighted by Gasteiger charge is 2.40. The second-order valence-corrected chi connectivity index (χ2v) is 7.90. The first-order valence-corrected chi connectivity index (χ1v) is 9.56. The molecule has 2 heterocycles. The summed E-state index contributed by atoms with van der Waals surface area (Å²) in [6.07, 6.45) is 5.71. The van der Waals surface area contributed by atoms with Gasteiger partial charge in [0.25, 0.3) is 0 Å². The van der Waals surface area contributed by atoms with Crippen LogP contribution in [-0.4, -0.2) is 40.9 Å². The Bertz CT molecular complexity index is 470. The second-order valence-electron chi connectivity index (χ2n) is 6.80. The number of aromatic hydroxyl groups is 1. The summed E-state index contributed by atoms with van der Waals surface area (Å²) in [5.41, 5.74) is 1.46. The van der Waals surface area contributed by atoms with Gasteiger partial charge in [-0.2, -0.15) is 11.8 Å². The Labute approximate surface area is 137 Å². The number of hydrogen-bond acceptors (Lipinski definition) is 4. The summed E-state index contributed by atoms with van der Waals surface area (Å²) >= 11 is 2.04. The molecule has 0 aromatic heterocycles. The van der Waals surface area contributed by atoms with Crippen LogP contribution in [0.4, 0.5) is 0 Å². The van der Waals surface area contributed by atoms with Gasteiger partial charge in [-0.15, -0.1) is 0 Å². The van der Waals surface area contributed by atoms with Crippen molar-refractivity contribution in [1.82, 2.24) is 5.32 Å². The molecular weight excluding hydrogens is 294 g/mol. The Morgan fingerprint density at radius 2 is 2.23 bits per heavy atom. The van der Waals surface area contributed by atoms with Gasteiger partial charge in [-0.25, -0.2) is 0 Å². The molecule has 3 nitrogen and oxygen atoms in total. The molecule has 3 atom stereocenters. The maximum absolute atomic E-state index is 9.33. The Morgan fingerprint density at radius 3 is 2.95 bits per heavy atom. The highest BCUT2D eigenvalue weighted by molar-refractivity contribution is 7.99. The molecular formula is C18H27NO2S. The van der Waals surface area contributed by atoms with Crippen molar-refractivity contribution >= 4 is 11.8 Å². The third kappa shape index (κ3) is 4.18. The molecule has 122 valence electrons. The van der Waals surface area contributed by atoms with E-state index in [-0.39, 0.29) is 5.60 Å². The van der Waals surface area contributed by atoms with Gasteiger partial charge in [-0.3, -0.25) is 0 Å². The number of benzene rings is 1. The van der Waals surface area contributed by atoms with Gasteiger partial charge >= 0.3 is 0 Å². The van der Waals surface area contributed by atoms with Crippen LogP contribution in [0.2, 0.25) is 0 Å². The van der Waals surface area contributed by atoms with Crippen molar-refractivity contribution < 1.29 is 9.84 Å². The average molecular weight is 321 g/mol. The van der Waals surface area contributed by atoms with Crippen molar-refractivity contribution in [2.75, 3.05) is 18.1 Å². The number of hydrogen-bond donors (Lipinski definition) is 2. The third-order valence-electron chi connectivity index (χ3n) is 4.88. The summed E-state index contributed by atoms with van der Waals surface area (Å²) in [7, 11) is 0. The highest BCUT2D eigenvalue weighted by Crippen LogP contribution is 2.38. The first-order valence-electron chi connectivity index (χ1n) is 8.41. The van der Waals surface area contributed by atoms with E-state index in [1.165, 1.54) is 29.9 Å². The van der Waals surface area contributed by atoms with Gasteiger partial charge in [0.1, 0.15) is 5.75 Å². The molecule has 2 fully saturated rings. The number of rotatable bonds is 5. The van der Waals surface area contributed by atoms with E-state index in [1.54, 1.807) is 12.1 Å². The van der Waals surface area contributed by atoms with Crippen molar-refractivity contribution in [3.8, 4) is 5.75 Å². The molecule has 1 aromatic rings. The number of ether oxygens (including phenoxy) is 1. The molecule has 0 bridgehead atoms. The molecule has 3 rings (SSSR count). The first kappa shape index (κ1) is 16.2. The van der Waals surface area contributed by atoms with E-state index < -0.39 is 0 Å². The van der Waals surface area contributed by atoms with Crippen molar-refractivity contribution in [2.24, 2.45) is 0 Å². The largest absolute Gasteiger partial charge is 0.508 e. The zero-order valence-corrected chi connectivity index (χ0v) is 14.2. The lowest BCUT2D eigenvalue weighted by Gasteiger charge is -2.39. The molecule has 2 aliphatic heterocycles. The van der Waals surface area contributed by atoms with E-state index in [1.807, 2.05) is 23.9 Å². The van der Waals surface area contributed by atoms with Crippen LogP contribution in [0, 0.1) is 0 Å². The average Bonchev–Trinajstić information content (AvgIpc) is 2.94. The lowest BCUT2D eigenvalue weighted by Crippen LogP contribution is -2.49. The maximum atomic E-state index is 9.33. The van der Waals surface area contributed by atoms with Crippen LogP contribution in [0.15, 0.2) is 24.3 Å². The lowest BCUT2D eigenvalue weighted by atomic mass is 9.89. The topological polar surface area (TPSA) is 41.5 Å². The number of aryl methyl sites for hydroxylation is 1. The van der Waals surface area contributed by atoms with Gasteiger partial charge < -0.3 is 15.2 Å². The van der Waals surface area contributed by atoms with E-state index in [4.69, 9.17) is 4.74 Å². The van der Waals surface area contributed by atoms with Gasteiger partial charge in [0.15, 0.2) is 0 Å². The molecule has 0 aliphatic carbocycles. The number of nitrogens with one attached hydrogen (secondary N) is 1. The Balaban J connectivity index is 1.45. The van der Waals surface area contributed by atoms with Crippen molar-refractivity contribution in [3.05, 3.63) is 29.8 Å². The molecule has 1 spiro atoms. The molecule has 0 radical (unpaired) electrons. The molecule has 0 unspecified atom stereocenters. The van der Waals surface area contributed by atoms with Gasteiger partial charge in [0, 0.05) is 24.4 Å². The predicted molar refractivity (Wildman–Crippen MR) is 92.7 cm³/mol. The second kappa shape index (κ2) is 7.24. The monoisotopic (exact) mass is 321 g/mol. The van der Waals surface area contributed by atoms with Crippen LogP contribution in [0.1, 0.15) is 38.2 Å². The highest BCUT2D eigenvalue weighted by atomic mass is 32.2. The van der Waals surface area contributed by atoms with Gasteiger partial charge in [0.2, 0.25) is 0 Å². The smallest absolute Gasteiger partial charge is 0.115 e. The van der Waals surface area contributed by atoms with Crippen LogP contribution >= 0.6 is 11.8 Å². The van der Waals surface area contributed by atoms with E-state index in [0.29, 0.717) is 17.8 Å². The number of phenolic OH excluding ortho intramolecular Hbond substituents is 1.